The van der Waals surface area contributed by atoms with E-state index in [2.05, 4.69) is 36.1 Å². The molecule has 1 aliphatic rings. The van der Waals surface area contributed by atoms with Gasteiger partial charge in [0.25, 0.3) is 0 Å². The molecule has 1 aliphatic heterocycles. The molecule has 0 aromatic heterocycles. The molecule has 0 bridgehead atoms. The van der Waals surface area contributed by atoms with Gasteiger partial charge < -0.3 is 5.11 Å². The van der Waals surface area contributed by atoms with Crippen molar-refractivity contribution in [2.75, 3.05) is 6.54 Å². The lowest BCUT2D eigenvalue weighted by molar-refractivity contribution is 0.242. The summed E-state index contributed by atoms with van der Waals surface area (Å²) in [6.45, 7) is 7.32. The molecule has 0 saturated heterocycles. The van der Waals surface area contributed by atoms with E-state index in [1.807, 2.05) is 13.0 Å². The van der Waals surface area contributed by atoms with Gasteiger partial charge in [-0.3, -0.25) is 4.90 Å². The molecule has 0 amide bonds. The predicted octanol–water partition coefficient (Wildman–Crippen LogP) is 3.50. The van der Waals surface area contributed by atoms with Gasteiger partial charge >= 0.3 is 0 Å². The van der Waals surface area contributed by atoms with Crippen LogP contribution in [0.25, 0.3) is 0 Å². The zero-order valence-corrected chi connectivity index (χ0v) is 12.1. The molecule has 2 nitrogen and oxygen atoms in total. The summed E-state index contributed by atoms with van der Waals surface area (Å²) in [5.41, 5.74) is 4.29. The van der Waals surface area contributed by atoms with Gasteiger partial charge in [0.1, 0.15) is 0 Å². The summed E-state index contributed by atoms with van der Waals surface area (Å²) >= 11 is 0. The maximum atomic E-state index is 9.27. The van der Waals surface area contributed by atoms with Gasteiger partial charge in [-0.15, -0.1) is 0 Å². The Morgan fingerprint density at radius 1 is 1.26 bits per heavy atom. The second-order valence-corrected chi connectivity index (χ2v) is 5.69. The van der Waals surface area contributed by atoms with E-state index in [1.54, 1.807) is 0 Å². The van der Waals surface area contributed by atoms with Gasteiger partial charge in [0, 0.05) is 13.1 Å². The van der Waals surface area contributed by atoms with Crippen LogP contribution < -0.4 is 0 Å². The quantitative estimate of drug-likeness (QED) is 0.624. The Labute approximate surface area is 116 Å². The fraction of sp³-hybridized carbons (Fsp3) is 0.529. The summed E-state index contributed by atoms with van der Waals surface area (Å²) in [5, 5.41) is 9.27. The highest BCUT2D eigenvalue weighted by Gasteiger charge is 2.16. The Morgan fingerprint density at radius 2 is 1.89 bits per heavy atom. The number of hydrogen-bond acceptors (Lipinski definition) is 2. The van der Waals surface area contributed by atoms with Crippen molar-refractivity contribution in [2.24, 2.45) is 0 Å². The lowest BCUT2D eigenvalue weighted by Gasteiger charge is -2.14. The summed E-state index contributed by atoms with van der Waals surface area (Å²) in [5.74, 6) is 0. The fourth-order valence-electron chi connectivity index (χ4n) is 2.80. The lowest BCUT2D eigenvalue weighted by atomic mass is 10.1. The Hall–Kier alpha value is -1.12. The number of benzene rings is 1. The molecule has 2 rings (SSSR count). The summed E-state index contributed by atoms with van der Waals surface area (Å²) in [6.07, 6.45) is 5.19. The van der Waals surface area contributed by atoms with E-state index < -0.39 is 0 Å². The third-order valence-corrected chi connectivity index (χ3v) is 3.73. The average Bonchev–Trinajstić information content (AvgIpc) is 2.76. The first kappa shape index (κ1) is 14.3. The standard InChI is InChI=1S/C17H25NO/c1-14(11-15(2)19)7-5-6-10-18-12-16-8-3-4-9-17(16)13-18/h3-4,8-9,11,15,19H,5-7,10,12-13H2,1-2H3/b14-11-. The summed E-state index contributed by atoms with van der Waals surface area (Å²) < 4.78 is 0. The molecule has 104 valence electrons. The number of hydrogen-bond donors (Lipinski definition) is 1. The molecule has 1 atom stereocenters. The Bertz CT molecular complexity index is 412. The first-order valence-corrected chi connectivity index (χ1v) is 7.29. The Morgan fingerprint density at radius 3 is 2.47 bits per heavy atom. The molecule has 0 fully saturated rings. The van der Waals surface area contributed by atoms with Crippen LogP contribution >= 0.6 is 0 Å². The van der Waals surface area contributed by atoms with E-state index in [1.165, 1.54) is 36.1 Å². The topological polar surface area (TPSA) is 23.5 Å². The lowest BCUT2D eigenvalue weighted by Crippen LogP contribution is -2.17. The molecule has 0 aliphatic carbocycles. The minimum Gasteiger partial charge on any atom is -0.389 e. The smallest absolute Gasteiger partial charge is 0.0695 e. The Balaban J connectivity index is 1.66. The fourth-order valence-corrected chi connectivity index (χ4v) is 2.80. The molecule has 0 spiro atoms. The number of aliphatic hydroxyl groups excluding tert-OH is 1. The van der Waals surface area contributed by atoms with Crippen molar-refractivity contribution in [1.82, 2.24) is 4.90 Å². The van der Waals surface area contributed by atoms with Crippen molar-refractivity contribution in [3.63, 3.8) is 0 Å². The van der Waals surface area contributed by atoms with Crippen molar-refractivity contribution in [2.45, 2.75) is 52.3 Å². The van der Waals surface area contributed by atoms with Gasteiger partial charge in [0.15, 0.2) is 0 Å². The minimum atomic E-state index is -0.312. The number of unbranched alkanes of at least 4 members (excludes halogenated alkanes) is 1. The van der Waals surface area contributed by atoms with Gasteiger partial charge in [-0.25, -0.2) is 0 Å². The van der Waals surface area contributed by atoms with Crippen molar-refractivity contribution in [3.8, 4) is 0 Å². The number of rotatable bonds is 6. The highest BCUT2D eigenvalue weighted by molar-refractivity contribution is 5.30. The van der Waals surface area contributed by atoms with Crippen LogP contribution in [0.4, 0.5) is 0 Å². The van der Waals surface area contributed by atoms with E-state index in [4.69, 9.17) is 0 Å². The highest BCUT2D eigenvalue weighted by Crippen LogP contribution is 2.22. The SMILES string of the molecule is C/C(=C/C(C)O)CCCCN1Cc2ccccc2C1. The first-order chi connectivity index (χ1) is 9.15. The zero-order chi connectivity index (χ0) is 13.7. The monoisotopic (exact) mass is 259 g/mol. The molecule has 1 aromatic carbocycles. The maximum absolute atomic E-state index is 9.27. The van der Waals surface area contributed by atoms with Crippen molar-refractivity contribution < 1.29 is 5.11 Å². The molecule has 1 unspecified atom stereocenters. The predicted molar refractivity (Wildman–Crippen MR) is 79.8 cm³/mol. The second-order valence-electron chi connectivity index (χ2n) is 5.69. The van der Waals surface area contributed by atoms with Crippen LogP contribution in [-0.2, 0) is 13.1 Å². The molecule has 0 radical (unpaired) electrons. The number of allylic oxidation sites excluding steroid dienone is 1. The molecule has 0 saturated carbocycles. The van der Waals surface area contributed by atoms with Gasteiger partial charge in [-0.1, -0.05) is 35.9 Å². The third-order valence-electron chi connectivity index (χ3n) is 3.73. The van der Waals surface area contributed by atoms with Crippen LogP contribution in [0.2, 0.25) is 0 Å². The highest BCUT2D eigenvalue weighted by atomic mass is 16.3. The molecule has 19 heavy (non-hydrogen) atoms. The van der Waals surface area contributed by atoms with Crippen LogP contribution in [0.15, 0.2) is 35.9 Å². The largest absolute Gasteiger partial charge is 0.389 e. The molecule has 1 heterocycles. The van der Waals surface area contributed by atoms with E-state index in [-0.39, 0.29) is 6.10 Å². The average molecular weight is 259 g/mol. The molecule has 1 N–H and O–H groups in total. The second kappa shape index (κ2) is 6.88. The van der Waals surface area contributed by atoms with Crippen LogP contribution in [0.1, 0.15) is 44.2 Å². The van der Waals surface area contributed by atoms with Gasteiger partial charge in [-0.05, 0) is 50.8 Å². The normalized spacial score (nSPS) is 17.5. The third kappa shape index (κ3) is 4.48. The number of fused-ring (bicyclic) bond motifs is 1. The number of nitrogens with zero attached hydrogens (tertiary/aromatic N) is 1. The summed E-state index contributed by atoms with van der Waals surface area (Å²) in [7, 11) is 0. The van der Waals surface area contributed by atoms with E-state index in [0.29, 0.717) is 0 Å². The van der Waals surface area contributed by atoms with Crippen molar-refractivity contribution in [3.05, 3.63) is 47.0 Å². The van der Waals surface area contributed by atoms with Gasteiger partial charge in [0.2, 0.25) is 0 Å². The zero-order valence-electron chi connectivity index (χ0n) is 12.1. The van der Waals surface area contributed by atoms with Crippen LogP contribution in [0.3, 0.4) is 0 Å². The van der Waals surface area contributed by atoms with E-state index in [0.717, 1.165) is 19.5 Å². The maximum Gasteiger partial charge on any atom is 0.0695 e. The van der Waals surface area contributed by atoms with Crippen LogP contribution in [-0.4, -0.2) is 22.7 Å². The molecule has 1 aromatic rings. The summed E-state index contributed by atoms with van der Waals surface area (Å²) in [6, 6.07) is 8.74. The first-order valence-electron chi connectivity index (χ1n) is 7.29. The van der Waals surface area contributed by atoms with Crippen LogP contribution in [0, 0.1) is 0 Å². The minimum absolute atomic E-state index is 0.312. The van der Waals surface area contributed by atoms with Crippen molar-refractivity contribution in [1.29, 1.82) is 0 Å². The molecule has 2 heteroatoms. The molecular weight excluding hydrogens is 234 g/mol. The Kier molecular flexibility index (Phi) is 5.17. The van der Waals surface area contributed by atoms with E-state index in [9.17, 15) is 5.11 Å². The number of aliphatic hydroxyl groups is 1. The van der Waals surface area contributed by atoms with Crippen LogP contribution in [0.5, 0.6) is 0 Å². The van der Waals surface area contributed by atoms with Gasteiger partial charge in [0.05, 0.1) is 6.10 Å². The van der Waals surface area contributed by atoms with Crippen molar-refractivity contribution >= 4 is 0 Å². The van der Waals surface area contributed by atoms with E-state index >= 15 is 0 Å². The van der Waals surface area contributed by atoms with Gasteiger partial charge in [-0.2, -0.15) is 0 Å². The summed E-state index contributed by atoms with van der Waals surface area (Å²) in [4.78, 5) is 2.53. The molecular formula is C17H25NO.